The molecule has 1 fully saturated rings. The van der Waals surface area contributed by atoms with Gasteiger partial charge in [0.2, 0.25) is 6.75 Å². The minimum absolute atomic E-state index is 0.130. The van der Waals surface area contributed by atoms with Gasteiger partial charge >= 0.3 is 0 Å². The van der Waals surface area contributed by atoms with Gasteiger partial charge in [-0.05, 0) is 48.6 Å². The molecule has 0 bridgehead atoms. The highest BCUT2D eigenvalue weighted by Crippen LogP contribution is 2.36. The van der Waals surface area contributed by atoms with Gasteiger partial charge in [-0.3, -0.25) is 0 Å². The van der Waals surface area contributed by atoms with Gasteiger partial charge < -0.3 is 19.5 Å². The van der Waals surface area contributed by atoms with E-state index in [0.717, 1.165) is 12.1 Å². The van der Waals surface area contributed by atoms with Gasteiger partial charge in [-0.1, -0.05) is 12.1 Å². The van der Waals surface area contributed by atoms with Gasteiger partial charge in [0.05, 0.1) is 6.61 Å². The van der Waals surface area contributed by atoms with E-state index in [4.69, 9.17) is 23.8 Å². The maximum absolute atomic E-state index is 13.4. The van der Waals surface area contributed by atoms with Gasteiger partial charge in [0.15, 0.2) is 11.5 Å². The van der Waals surface area contributed by atoms with Gasteiger partial charge in [0.25, 0.3) is 0 Å². The van der Waals surface area contributed by atoms with E-state index >= 15 is 0 Å². The Kier molecular flexibility index (Phi) is 2.59. The molecule has 2 aromatic rings. The number of ether oxygens (including phenoxy) is 3. The molecule has 0 aromatic heterocycles. The second-order valence-corrected chi connectivity index (χ2v) is 5.45. The van der Waals surface area contributed by atoms with E-state index in [9.17, 15) is 4.39 Å². The number of benzene rings is 2. The molecule has 4 rings (SSSR count). The Morgan fingerprint density at radius 1 is 1.21 bits per heavy atom. The molecular weight excluding hydrogens is 309 g/mol. The van der Waals surface area contributed by atoms with E-state index < -0.39 is 37.2 Å². The molecule has 2 heterocycles. The van der Waals surface area contributed by atoms with Crippen molar-refractivity contribution in [3.63, 3.8) is 0 Å². The molecule has 126 valence electrons. The fourth-order valence-corrected chi connectivity index (χ4v) is 2.62. The maximum Gasteiger partial charge on any atom is 0.231 e. The molecule has 2 aliphatic heterocycles. The lowest BCUT2D eigenvalue weighted by Gasteiger charge is -2.32. The zero-order chi connectivity index (χ0) is 22.7. The molecule has 0 saturated carbocycles. The predicted octanol–water partition coefficient (Wildman–Crippen LogP) is 3.33. The molecular formula is C19H20FNO3. The van der Waals surface area contributed by atoms with Crippen LogP contribution in [0.15, 0.2) is 42.5 Å². The normalized spacial score (nSPS) is 36.0. The summed E-state index contributed by atoms with van der Waals surface area (Å²) in [4.78, 5) is 0. The zero-order valence-electron chi connectivity index (χ0n) is 19.6. The summed E-state index contributed by atoms with van der Waals surface area (Å²) in [6.45, 7) is -5.24. The third-order valence-electron chi connectivity index (χ3n) is 3.87. The Labute approximate surface area is 150 Å². The number of rotatable bonds is 4. The molecule has 1 unspecified atom stereocenters. The lowest BCUT2D eigenvalue weighted by Crippen LogP contribution is -2.38. The summed E-state index contributed by atoms with van der Waals surface area (Å²) in [5.41, 5.74) is 0.286. The number of fused-ring (bicyclic) bond motifs is 1. The van der Waals surface area contributed by atoms with Crippen molar-refractivity contribution in [2.75, 3.05) is 26.4 Å². The van der Waals surface area contributed by atoms with Crippen molar-refractivity contribution in [1.82, 2.24) is 5.32 Å². The van der Waals surface area contributed by atoms with E-state index in [1.807, 2.05) is 0 Å². The second-order valence-electron chi connectivity index (χ2n) is 5.45. The van der Waals surface area contributed by atoms with Crippen LogP contribution in [0.25, 0.3) is 0 Å². The first-order valence-corrected chi connectivity index (χ1v) is 7.48. The van der Waals surface area contributed by atoms with E-state index in [1.54, 1.807) is 0 Å². The fraction of sp³-hybridized carbons (Fsp3) is 0.368. The van der Waals surface area contributed by atoms with Crippen LogP contribution in [0.1, 0.15) is 27.4 Å². The van der Waals surface area contributed by atoms with Crippen molar-refractivity contribution in [2.24, 2.45) is 5.89 Å². The van der Waals surface area contributed by atoms with Crippen LogP contribution in [0.5, 0.6) is 17.2 Å². The molecule has 2 aliphatic rings. The summed E-state index contributed by atoms with van der Waals surface area (Å²) in [6, 6.07) is 9.37. The van der Waals surface area contributed by atoms with Crippen LogP contribution in [0, 0.1) is 11.7 Å². The largest absolute Gasteiger partial charge is 0.493 e. The summed E-state index contributed by atoms with van der Waals surface area (Å²) in [6.07, 6.45) is -2.50. The smallest absolute Gasteiger partial charge is 0.231 e. The monoisotopic (exact) mass is 336 g/mol. The quantitative estimate of drug-likeness (QED) is 0.930. The SMILES string of the molecule is [2H]C1([2H])Oc2ccc(OCC3([2H])CNC([2H])([2H])C([2H])([2H])[C@H]3c3ccc(F)cc3)cc2O1. The summed E-state index contributed by atoms with van der Waals surface area (Å²) in [5.74, 6) is -2.85. The highest BCUT2D eigenvalue weighted by atomic mass is 19.1. The molecule has 0 aliphatic carbocycles. The van der Waals surface area contributed by atoms with Crippen molar-refractivity contribution in [1.29, 1.82) is 0 Å². The highest BCUT2D eigenvalue weighted by molar-refractivity contribution is 5.46. The number of nitrogens with one attached hydrogen (secondary N) is 1. The number of hydrogen-bond donors (Lipinski definition) is 1. The third-order valence-corrected chi connectivity index (χ3v) is 3.87. The van der Waals surface area contributed by atoms with Crippen LogP contribution in [0.4, 0.5) is 4.39 Å². The lowest BCUT2D eigenvalue weighted by atomic mass is 9.81. The molecule has 1 N–H and O–H groups in total. The number of halogens is 1. The van der Waals surface area contributed by atoms with Gasteiger partial charge in [-0.2, -0.15) is 0 Å². The van der Waals surface area contributed by atoms with Crippen LogP contribution in [0.3, 0.4) is 0 Å². The maximum atomic E-state index is 13.4. The Balaban J connectivity index is 1.62. The van der Waals surface area contributed by atoms with E-state index in [1.165, 1.54) is 30.3 Å². The molecule has 4 nitrogen and oxygen atoms in total. The molecule has 2 atom stereocenters. The van der Waals surface area contributed by atoms with Gasteiger partial charge in [-0.15, -0.1) is 0 Å². The summed E-state index contributed by atoms with van der Waals surface area (Å²) < 4.78 is 86.1. The average Bonchev–Trinajstić information content (AvgIpc) is 2.98. The van der Waals surface area contributed by atoms with E-state index in [2.05, 4.69) is 5.32 Å². The number of hydrogen-bond acceptors (Lipinski definition) is 4. The molecule has 2 aromatic carbocycles. The van der Waals surface area contributed by atoms with Crippen molar-refractivity contribution >= 4 is 0 Å². The standard InChI is InChI=1S/C19H20FNO3/c20-15-3-1-13(2-4-15)17-7-8-21-10-14(17)11-22-16-5-6-18-19(9-16)24-12-23-18/h1-6,9,14,17,21H,7-8,10-12H2/t14?,17-/m0/s1/i7D2,8D2,12D2,14D. The third kappa shape index (κ3) is 3.17. The first-order valence-electron chi connectivity index (χ1n) is 11.0. The molecule has 1 saturated heterocycles. The van der Waals surface area contributed by atoms with E-state index in [-0.39, 0.29) is 36.0 Å². The van der Waals surface area contributed by atoms with Gasteiger partial charge in [0, 0.05) is 25.4 Å². The van der Waals surface area contributed by atoms with Crippen LogP contribution < -0.4 is 19.5 Å². The first-order chi connectivity index (χ1) is 14.3. The van der Waals surface area contributed by atoms with Crippen molar-refractivity contribution in [3.8, 4) is 17.2 Å². The topological polar surface area (TPSA) is 39.7 Å². The minimum atomic E-state index is -2.50. The predicted molar refractivity (Wildman–Crippen MR) is 88.2 cm³/mol. The minimum Gasteiger partial charge on any atom is -0.493 e. The van der Waals surface area contributed by atoms with E-state index in [0.29, 0.717) is 0 Å². The molecule has 24 heavy (non-hydrogen) atoms. The van der Waals surface area contributed by atoms with Crippen LogP contribution in [-0.4, -0.2) is 26.4 Å². The van der Waals surface area contributed by atoms with Gasteiger partial charge in [-0.25, -0.2) is 4.39 Å². The Hall–Kier alpha value is -2.27. The first kappa shape index (κ1) is 9.28. The zero-order valence-corrected chi connectivity index (χ0v) is 12.6. The van der Waals surface area contributed by atoms with Crippen LogP contribution >= 0.6 is 0 Å². The lowest BCUT2D eigenvalue weighted by molar-refractivity contribution is 0.173. The second kappa shape index (κ2) is 6.69. The summed E-state index contributed by atoms with van der Waals surface area (Å²) in [5, 5.41) is 2.46. The summed E-state index contributed by atoms with van der Waals surface area (Å²) >= 11 is 0. The Morgan fingerprint density at radius 3 is 2.92 bits per heavy atom. The highest BCUT2D eigenvalue weighted by Gasteiger charge is 2.27. The molecule has 5 heteroatoms. The Morgan fingerprint density at radius 2 is 2.04 bits per heavy atom. The van der Waals surface area contributed by atoms with Crippen molar-refractivity contribution < 1.29 is 28.2 Å². The fourth-order valence-electron chi connectivity index (χ4n) is 2.62. The number of piperidine rings is 1. The van der Waals surface area contributed by atoms with Crippen LogP contribution in [0.2, 0.25) is 0 Å². The average molecular weight is 336 g/mol. The van der Waals surface area contributed by atoms with Crippen molar-refractivity contribution in [2.45, 2.75) is 12.3 Å². The molecule has 0 amide bonds. The Bertz CT molecular complexity index is 989. The summed E-state index contributed by atoms with van der Waals surface area (Å²) in [7, 11) is 0. The van der Waals surface area contributed by atoms with Crippen LogP contribution in [-0.2, 0) is 0 Å². The van der Waals surface area contributed by atoms with Gasteiger partial charge in [0.1, 0.15) is 14.3 Å². The molecule has 0 radical (unpaired) electrons. The molecule has 0 spiro atoms. The van der Waals surface area contributed by atoms with Crippen molar-refractivity contribution in [3.05, 3.63) is 53.8 Å².